The molecular formula is C20H23N5O. The fraction of sp³-hybridized carbons (Fsp3) is 0.450. The zero-order valence-electron chi connectivity index (χ0n) is 15.0. The average Bonchev–Trinajstić information content (AvgIpc) is 2.71. The number of methoxy groups -OCH3 is 1. The highest BCUT2D eigenvalue weighted by Crippen LogP contribution is 2.43. The molecule has 0 amide bonds. The largest absolute Gasteiger partial charge is 0.497 e. The van der Waals surface area contributed by atoms with Crippen molar-refractivity contribution in [2.75, 3.05) is 20.2 Å². The molecule has 6 heteroatoms. The first-order valence-corrected chi connectivity index (χ1v) is 9.08. The van der Waals surface area contributed by atoms with E-state index < -0.39 is 0 Å². The minimum Gasteiger partial charge on any atom is -0.497 e. The van der Waals surface area contributed by atoms with Crippen LogP contribution in [0.5, 0.6) is 5.75 Å². The first-order chi connectivity index (χ1) is 12.7. The van der Waals surface area contributed by atoms with Crippen molar-refractivity contribution in [1.29, 1.82) is 0 Å². The lowest BCUT2D eigenvalue weighted by atomic mass is 9.73. The Morgan fingerprint density at radius 2 is 2.35 bits per heavy atom. The number of azide groups is 1. The number of ether oxygens (including phenoxy) is 1. The first kappa shape index (κ1) is 16.9. The van der Waals surface area contributed by atoms with E-state index in [1.54, 1.807) is 13.3 Å². The third kappa shape index (κ3) is 2.81. The predicted molar refractivity (Wildman–Crippen MR) is 102 cm³/mol. The third-order valence-electron chi connectivity index (χ3n) is 6.00. The van der Waals surface area contributed by atoms with Gasteiger partial charge in [-0.15, -0.1) is 6.58 Å². The molecule has 0 N–H and O–H groups in total. The number of fused-ring (bicyclic) bond motifs is 4. The Hall–Kier alpha value is -2.56. The molecule has 5 atom stereocenters. The first-order valence-electron chi connectivity index (χ1n) is 9.08. The Bertz CT molecular complexity index is 876. The van der Waals surface area contributed by atoms with Gasteiger partial charge in [-0.1, -0.05) is 11.2 Å². The van der Waals surface area contributed by atoms with Crippen LogP contribution in [0, 0.1) is 11.8 Å². The molecule has 0 radical (unpaired) electrons. The van der Waals surface area contributed by atoms with Gasteiger partial charge < -0.3 is 4.74 Å². The second-order valence-corrected chi connectivity index (χ2v) is 7.18. The molecule has 3 aliphatic rings. The minimum absolute atomic E-state index is 0.220. The van der Waals surface area contributed by atoms with Gasteiger partial charge in [0.2, 0.25) is 0 Å². The maximum absolute atomic E-state index is 9.25. The quantitative estimate of drug-likeness (QED) is 0.345. The van der Waals surface area contributed by atoms with Gasteiger partial charge in [0.1, 0.15) is 5.75 Å². The molecule has 2 aromatic rings. The van der Waals surface area contributed by atoms with Gasteiger partial charge in [0.15, 0.2) is 0 Å². The van der Waals surface area contributed by atoms with Crippen LogP contribution in [0.4, 0.5) is 0 Å². The second-order valence-electron chi connectivity index (χ2n) is 7.18. The number of hydrogen-bond donors (Lipinski definition) is 0. The molecule has 2 bridgehead atoms. The summed E-state index contributed by atoms with van der Waals surface area (Å²) in [4.78, 5) is 10.1. The van der Waals surface area contributed by atoms with Crippen LogP contribution >= 0.6 is 0 Å². The summed E-state index contributed by atoms with van der Waals surface area (Å²) < 4.78 is 5.39. The Morgan fingerprint density at radius 1 is 1.46 bits per heavy atom. The van der Waals surface area contributed by atoms with Crippen LogP contribution in [0.15, 0.2) is 48.2 Å². The summed E-state index contributed by atoms with van der Waals surface area (Å²) in [5.41, 5.74) is 11.2. The third-order valence-corrected chi connectivity index (χ3v) is 6.00. The Morgan fingerprint density at radius 3 is 3.04 bits per heavy atom. The van der Waals surface area contributed by atoms with E-state index in [4.69, 9.17) is 4.74 Å². The predicted octanol–water partition coefficient (Wildman–Crippen LogP) is 4.49. The summed E-state index contributed by atoms with van der Waals surface area (Å²) in [5, 5.41) is 5.23. The van der Waals surface area contributed by atoms with Crippen molar-refractivity contribution in [3.63, 3.8) is 0 Å². The Balaban J connectivity index is 1.77. The van der Waals surface area contributed by atoms with Gasteiger partial charge >= 0.3 is 0 Å². The molecule has 3 fully saturated rings. The van der Waals surface area contributed by atoms with Crippen molar-refractivity contribution in [3.05, 3.63) is 59.1 Å². The van der Waals surface area contributed by atoms with E-state index in [-0.39, 0.29) is 12.1 Å². The summed E-state index contributed by atoms with van der Waals surface area (Å²) in [6.07, 6.45) is 6.12. The minimum atomic E-state index is -0.230. The van der Waals surface area contributed by atoms with Crippen LogP contribution in [0.3, 0.4) is 0 Å². The number of benzene rings is 1. The van der Waals surface area contributed by atoms with Crippen LogP contribution in [0.2, 0.25) is 0 Å². The van der Waals surface area contributed by atoms with Crippen molar-refractivity contribution in [1.82, 2.24) is 9.88 Å². The van der Waals surface area contributed by atoms with Gasteiger partial charge in [0, 0.05) is 29.1 Å². The molecule has 1 aromatic carbocycles. The van der Waals surface area contributed by atoms with Gasteiger partial charge in [0.25, 0.3) is 0 Å². The highest BCUT2D eigenvalue weighted by atomic mass is 16.5. The smallest absolute Gasteiger partial charge is 0.119 e. The summed E-state index contributed by atoms with van der Waals surface area (Å²) >= 11 is 0. The van der Waals surface area contributed by atoms with Crippen LogP contribution in [-0.2, 0) is 0 Å². The monoisotopic (exact) mass is 349 g/mol. The number of nitrogens with zero attached hydrogens (tertiary/aromatic N) is 5. The molecule has 3 aliphatic heterocycles. The van der Waals surface area contributed by atoms with Crippen molar-refractivity contribution in [3.8, 4) is 5.75 Å². The van der Waals surface area contributed by atoms with Crippen molar-refractivity contribution in [2.45, 2.75) is 24.9 Å². The highest BCUT2D eigenvalue weighted by Gasteiger charge is 2.42. The van der Waals surface area contributed by atoms with Gasteiger partial charge in [-0.25, -0.2) is 0 Å². The summed E-state index contributed by atoms with van der Waals surface area (Å²) in [5.74, 6) is 1.95. The normalized spacial score (nSPS) is 28.3. The lowest BCUT2D eigenvalue weighted by molar-refractivity contribution is 0.00758. The molecule has 0 spiro atoms. The van der Waals surface area contributed by atoms with E-state index in [1.807, 2.05) is 24.3 Å². The molecule has 5 rings (SSSR count). The second kappa shape index (κ2) is 6.98. The Labute approximate surface area is 153 Å². The molecule has 5 unspecified atom stereocenters. The summed E-state index contributed by atoms with van der Waals surface area (Å²) in [7, 11) is 1.66. The van der Waals surface area contributed by atoms with E-state index in [0.29, 0.717) is 11.8 Å². The van der Waals surface area contributed by atoms with Crippen LogP contribution < -0.4 is 4.74 Å². The maximum atomic E-state index is 9.25. The molecular weight excluding hydrogens is 326 g/mol. The van der Waals surface area contributed by atoms with E-state index in [0.717, 1.165) is 41.7 Å². The molecule has 6 nitrogen and oxygen atoms in total. The van der Waals surface area contributed by atoms with Crippen molar-refractivity contribution < 1.29 is 4.74 Å². The standard InChI is InChI=1S/C20H23N5O/c1-3-13-12-25-9-7-14(13)10-19(25)20(23-24-21)16-6-8-22-18-5-4-15(26-2)11-17(16)18/h3-6,8,11,13-14,19-20H,1,7,9-10,12H2,2H3. The molecule has 1 aromatic heterocycles. The van der Waals surface area contributed by atoms with Crippen LogP contribution in [0.25, 0.3) is 21.3 Å². The van der Waals surface area contributed by atoms with Crippen molar-refractivity contribution in [2.24, 2.45) is 17.0 Å². The SMILES string of the molecule is C=CC1CN2CCC1CC2C(N=[N+]=[N-])c1ccnc2ccc(OC)cc12. The molecule has 3 saturated heterocycles. The van der Waals surface area contributed by atoms with E-state index in [1.165, 1.54) is 6.42 Å². The number of pyridine rings is 1. The maximum Gasteiger partial charge on any atom is 0.119 e. The van der Waals surface area contributed by atoms with Gasteiger partial charge in [-0.05, 0) is 66.6 Å². The Kier molecular flexibility index (Phi) is 4.53. The van der Waals surface area contributed by atoms with Crippen LogP contribution in [0.1, 0.15) is 24.4 Å². The fourth-order valence-electron chi connectivity index (χ4n) is 4.64. The van der Waals surface area contributed by atoms with Gasteiger partial charge in [-0.2, -0.15) is 0 Å². The van der Waals surface area contributed by atoms with E-state index >= 15 is 0 Å². The molecule has 0 aliphatic carbocycles. The zero-order valence-corrected chi connectivity index (χ0v) is 15.0. The zero-order chi connectivity index (χ0) is 18.1. The molecule has 26 heavy (non-hydrogen) atoms. The van der Waals surface area contributed by atoms with Crippen LogP contribution in [-0.4, -0.2) is 36.1 Å². The van der Waals surface area contributed by atoms with E-state index in [2.05, 4.69) is 32.6 Å². The number of hydrogen-bond acceptors (Lipinski definition) is 4. The lowest BCUT2D eigenvalue weighted by Gasteiger charge is -2.51. The van der Waals surface area contributed by atoms with Gasteiger partial charge in [-0.3, -0.25) is 9.88 Å². The molecule has 0 saturated carbocycles. The number of rotatable bonds is 5. The number of piperidine rings is 3. The summed E-state index contributed by atoms with van der Waals surface area (Å²) in [6, 6.07) is 7.81. The van der Waals surface area contributed by atoms with E-state index in [9.17, 15) is 5.53 Å². The van der Waals surface area contributed by atoms with Crippen molar-refractivity contribution >= 4 is 10.9 Å². The topological polar surface area (TPSA) is 74.1 Å². The number of aromatic nitrogens is 1. The average molecular weight is 349 g/mol. The fourth-order valence-corrected chi connectivity index (χ4v) is 4.64. The molecule has 4 heterocycles. The van der Waals surface area contributed by atoms with Gasteiger partial charge in [0.05, 0.1) is 18.7 Å². The lowest BCUT2D eigenvalue weighted by Crippen LogP contribution is -2.54. The highest BCUT2D eigenvalue weighted by molar-refractivity contribution is 5.84. The summed E-state index contributed by atoms with van der Waals surface area (Å²) in [6.45, 7) is 6.06. The molecule has 134 valence electrons.